The Morgan fingerprint density at radius 3 is 2.38 bits per heavy atom. The Bertz CT molecular complexity index is 782. The normalized spacial score (nSPS) is 13.9. The van der Waals surface area contributed by atoms with E-state index in [9.17, 15) is 18.0 Å². The number of hydrogen-bond acceptors (Lipinski definition) is 5. The Balaban J connectivity index is 1.93. The first kappa shape index (κ1) is 20.1. The molecule has 142 valence electrons. The summed E-state index contributed by atoms with van der Waals surface area (Å²) in [6, 6.07) is 5.46. The number of likely N-dealkylation sites (N-methyl/N-ethyl adjacent to an activating group) is 1. The minimum absolute atomic E-state index is 0.0105. The Labute approximate surface area is 154 Å². The number of benzene rings is 1. The first-order valence-electron chi connectivity index (χ1n) is 8.44. The summed E-state index contributed by atoms with van der Waals surface area (Å²) in [5, 5.41) is 0. The number of sulfonamides is 1. The number of rotatable bonds is 9. The lowest BCUT2D eigenvalue weighted by atomic mass is 10.2. The van der Waals surface area contributed by atoms with Gasteiger partial charge >= 0.3 is 5.97 Å². The fourth-order valence-electron chi connectivity index (χ4n) is 2.26. The molecular formula is C18H24N2O5S. The van der Waals surface area contributed by atoms with Gasteiger partial charge in [0.25, 0.3) is 5.91 Å². The molecular weight excluding hydrogens is 356 g/mol. The van der Waals surface area contributed by atoms with Crippen molar-refractivity contribution in [1.29, 1.82) is 0 Å². The SMILES string of the molecule is C=C(C)CN(CC)C(=O)COC(=O)c1ccc(S(=O)(=O)NC2CC2)cc1. The van der Waals surface area contributed by atoms with Gasteiger partial charge in [-0.3, -0.25) is 4.79 Å². The maximum atomic E-state index is 12.1. The van der Waals surface area contributed by atoms with Crippen LogP contribution in [0.3, 0.4) is 0 Å². The van der Waals surface area contributed by atoms with Crippen LogP contribution in [0, 0.1) is 0 Å². The number of ether oxygens (including phenoxy) is 1. The molecule has 1 N–H and O–H groups in total. The number of esters is 1. The summed E-state index contributed by atoms with van der Waals surface area (Å²) < 4.78 is 31.8. The maximum Gasteiger partial charge on any atom is 0.338 e. The molecule has 0 unspecified atom stereocenters. The second-order valence-corrected chi connectivity index (χ2v) is 8.08. The fraction of sp³-hybridized carbons (Fsp3) is 0.444. The summed E-state index contributed by atoms with van der Waals surface area (Å²) >= 11 is 0. The number of carbonyl (C=O) groups is 2. The Morgan fingerprint density at radius 2 is 1.88 bits per heavy atom. The summed E-state index contributed by atoms with van der Waals surface area (Å²) in [6.45, 7) is 7.94. The zero-order valence-corrected chi connectivity index (χ0v) is 15.8. The highest BCUT2D eigenvalue weighted by Gasteiger charge is 2.28. The molecule has 7 nitrogen and oxygen atoms in total. The van der Waals surface area contributed by atoms with Crippen LogP contribution in [0.1, 0.15) is 37.0 Å². The third kappa shape index (κ3) is 5.67. The molecule has 2 rings (SSSR count). The highest BCUT2D eigenvalue weighted by atomic mass is 32.2. The largest absolute Gasteiger partial charge is 0.452 e. The van der Waals surface area contributed by atoms with Crippen molar-refractivity contribution in [1.82, 2.24) is 9.62 Å². The topological polar surface area (TPSA) is 92.8 Å². The van der Waals surface area contributed by atoms with Crippen molar-refractivity contribution in [3.05, 3.63) is 42.0 Å². The molecule has 0 aromatic heterocycles. The molecule has 0 bridgehead atoms. The number of hydrogen-bond donors (Lipinski definition) is 1. The first-order valence-corrected chi connectivity index (χ1v) is 9.93. The van der Waals surface area contributed by atoms with Crippen LogP contribution in [0.2, 0.25) is 0 Å². The third-order valence-corrected chi connectivity index (χ3v) is 5.36. The standard InChI is InChI=1S/C18H24N2O5S/c1-4-20(11-13(2)3)17(21)12-25-18(22)14-5-9-16(10-6-14)26(23,24)19-15-7-8-15/h5-6,9-10,15,19H,2,4,7-8,11-12H2,1,3H3. The molecule has 1 amide bonds. The van der Waals surface area contributed by atoms with E-state index in [1.165, 1.54) is 29.2 Å². The van der Waals surface area contributed by atoms with Gasteiger partial charge in [0.1, 0.15) is 0 Å². The summed E-state index contributed by atoms with van der Waals surface area (Å²) in [5.41, 5.74) is 1.02. The lowest BCUT2D eigenvalue weighted by Crippen LogP contribution is -2.35. The summed E-state index contributed by atoms with van der Waals surface area (Å²) in [7, 11) is -3.56. The van der Waals surface area contributed by atoms with Crippen LogP contribution in [-0.4, -0.2) is 50.9 Å². The summed E-state index contributed by atoms with van der Waals surface area (Å²) in [5.74, 6) is -0.986. The fourth-order valence-corrected chi connectivity index (χ4v) is 3.57. The van der Waals surface area contributed by atoms with Crippen LogP contribution in [0.15, 0.2) is 41.3 Å². The second-order valence-electron chi connectivity index (χ2n) is 6.36. The Morgan fingerprint density at radius 1 is 1.27 bits per heavy atom. The lowest BCUT2D eigenvalue weighted by molar-refractivity contribution is -0.133. The first-order chi connectivity index (χ1) is 12.2. The Kier molecular flexibility index (Phi) is 6.55. The highest BCUT2D eigenvalue weighted by molar-refractivity contribution is 7.89. The molecule has 0 atom stereocenters. The molecule has 1 fully saturated rings. The van der Waals surface area contributed by atoms with Crippen molar-refractivity contribution in [3.63, 3.8) is 0 Å². The number of nitrogens with one attached hydrogen (secondary N) is 1. The van der Waals surface area contributed by atoms with Gasteiger partial charge in [-0.1, -0.05) is 12.2 Å². The Hall–Kier alpha value is -2.19. The van der Waals surface area contributed by atoms with Crippen molar-refractivity contribution in [2.45, 2.75) is 37.6 Å². The molecule has 1 saturated carbocycles. The smallest absolute Gasteiger partial charge is 0.338 e. The molecule has 8 heteroatoms. The molecule has 1 aromatic carbocycles. The predicted octanol–water partition coefficient (Wildman–Crippen LogP) is 1.71. The minimum Gasteiger partial charge on any atom is -0.452 e. The molecule has 1 aromatic rings. The van der Waals surface area contributed by atoms with Gasteiger partial charge in [-0.05, 0) is 51.0 Å². The van der Waals surface area contributed by atoms with Gasteiger partial charge in [0, 0.05) is 19.1 Å². The van der Waals surface area contributed by atoms with Crippen molar-refractivity contribution in [2.24, 2.45) is 0 Å². The van der Waals surface area contributed by atoms with Crippen LogP contribution in [-0.2, 0) is 19.6 Å². The molecule has 1 aliphatic rings. The van der Waals surface area contributed by atoms with Crippen LogP contribution < -0.4 is 4.72 Å². The highest BCUT2D eigenvalue weighted by Crippen LogP contribution is 2.22. The van der Waals surface area contributed by atoms with Gasteiger partial charge in [0.05, 0.1) is 10.5 Å². The van der Waals surface area contributed by atoms with Crippen molar-refractivity contribution >= 4 is 21.9 Å². The number of amides is 1. The number of carbonyl (C=O) groups excluding carboxylic acids is 2. The zero-order chi connectivity index (χ0) is 19.3. The van der Waals surface area contributed by atoms with Crippen LogP contribution >= 0.6 is 0 Å². The molecule has 0 aliphatic heterocycles. The average Bonchev–Trinajstić information content (AvgIpc) is 3.40. The van der Waals surface area contributed by atoms with Crippen molar-refractivity contribution in [2.75, 3.05) is 19.7 Å². The summed E-state index contributed by atoms with van der Waals surface area (Å²) in [4.78, 5) is 25.7. The van der Waals surface area contributed by atoms with Crippen molar-refractivity contribution < 1.29 is 22.7 Å². The predicted molar refractivity (Wildman–Crippen MR) is 97.1 cm³/mol. The van der Waals surface area contributed by atoms with Gasteiger partial charge < -0.3 is 9.64 Å². The molecule has 1 aliphatic carbocycles. The van der Waals surface area contributed by atoms with E-state index >= 15 is 0 Å². The summed E-state index contributed by atoms with van der Waals surface area (Å²) in [6.07, 6.45) is 1.69. The molecule has 26 heavy (non-hydrogen) atoms. The maximum absolute atomic E-state index is 12.1. The van der Waals surface area contributed by atoms with E-state index in [-0.39, 0.29) is 29.0 Å². The van der Waals surface area contributed by atoms with E-state index in [0.717, 1.165) is 18.4 Å². The third-order valence-electron chi connectivity index (χ3n) is 3.82. The van der Waals surface area contributed by atoms with Crippen LogP contribution in [0.4, 0.5) is 0 Å². The van der Waals surface area contributed by atoms with E-state index in [4.69, 9.17) is 4.74 Å². The molecule has 0 heterocycles. The second kappa shape index (κ2) is 8.46. The van der Waals surface area contributed by atoms with E-state index < -0.39 is 16.0 Å². The van der Waals surface area contributed by atoms with Crippen LogP contribution in [0.25, 0.3) is 0 Å². The minimum atomic E-state index is -3.56. The molecule has 0 saturated heterocycles. The van der Waals surface area contributed by atoms with E-state index in [0.29, 0.717) is 13.1 Å². The van der Waals surface area contributed by atoms with Crippen molar-refractivity contribution in [3.8, 4) is 0 Å². The monoisotopic (exact) mass is 380 g/mol. The van der Waals surface area contributed by atoms with E-state index in [1.807, 2.05) is 13.8 Å². The quantitative estimate of drug-likeness (QED) is 0.520. The van der Waals surface area contributed by atoms with Gasteiger partial charge in [-0.2, -0.15) is 0 Å². The van der Waals surface area contributed by atoms with Gasteiger partial charge in [0.15, 0.2) is 6.61 Å². The van der Waals surface area contributed by atoms with E-state index in [1.54, 1.807) is 0 Å². The van der Waals surface area contributed by atoms with Gasteiger partial charge in [-0.25, -0.2) is 17.9 Å². The lowest BCUT2D eigenvalue weighted by Gasteiger charge is -2.20. The molecule has 0 radical (unpaired) electrons. The van der Waals surface area contributed by atoms with Gasteiger partial charge in [0.2, 0.25) is 10.0 Å². The average molecular weight is 380 g/mol. The number of nitrogens with zero attached hydrogens (tertiary/aromatic N) is 1. The van der Waals surface area contributed by atoms with E-state index in [2.05, 4.69) is 11.3 Å². The van der Waals surface area contributed by atoms with Crippen LogP contribution in [0.5, 0.6) is 0 Å². The zero-order valence-electron chi connectivity index (χ0n) is 15.0. The van der Waals surface area contributed by atoms with Gasteiger partial charge in [-0.15, -0.1) is 0 Å². The molecule has 0 spiro atoms.